The van der Waals surface area contributed by atoms with Crippen molar-refractivity contribution in [2.45, 2.75) is 26.3 Å². The molecule has 2 aromatic rings. The average Bonchev–Trinajstić information content (AvgIpc) is 2.70. The molecular weight excluding hydrogens is 376 g/mol. The van der Waals surface area contributed by atoms with Crippen LogP contribution in [0.15, 0.2) is 48.5 Å². The summed E-state index contributed by atoms with van der Waals surface area (Å²) in [5, 5.41) is 3.70. The van der Waals surface area contributed by atoms with Crippen LogP contribution in [0.2, 0.25) is 5.02 Å². The molecule has 0 bridgehead atoms. The number of anilines is 1. The van der Waals surface area contributed by atoms with E-state index in [4.69, 9.17) is 16.3 Å². The Hall–Kier alpha value is -2.37. The van der Waals surface area contributed by atoms with Crippen LogP contribution in [0, 0.1) is 5.92 Å². The lowest BCUT2D eigenvalue weighted by molar-refractivity contribution is -0.121. The van der Waals surface area contributed by atoms with Gasteiger partial charge in [0.2, 0.25) is 5.91 Å². The summed E-state index contributed by atoms with van der Waals surface area (Å²) in [7, 11) is 0. The van der Waals surface area contributed by atoms with E-state index in [2.05, 4.69) is 10.2 Å². The Balaban J connectivity index is 1.60. The van der Waals surface area contributed by atoms with Gasteiger partial charge in [0.05, 0.1) is 18.1 Å². The van der Waals surface area contributed by atoms with Crippen molar-refractivity contribution in [3.8, 4) is 0 Å². The molecule has 0 spiro atoms. The summed E-state index contributed by atoms with van der Waals surface area (Å²) in [6.45, 7) is 4.46. The van der Waals surface area contributed by atoms with Gasteiger partial charge in [-0.2, -0.15) is 0 Å². The van der Waals surface area contributed by atoms with Crippen LogP contribution < -0.4 is 5.32 Å². The quantitative estimate of drug-likeness (QED) is 0.731. The van der Waals surface area contributed by atoms with Crippen molar-refractivity contribution in [2.75, 3.05) is 25.0 Å². The molecular formula is C22H25ClN2O3. The van der Waals surface area contributed by atoms with Crippen LogP contribution in [-0.2, 0) is 16.1 Å². The highest BCUT2D eigenvalue weighted by Crippen LogP contribution is 2.23. The number of carbonyl (C=O) groups excluding carboxylic acids is 2. The van der Waals surface area contributed by atoms with Crippen LogP contribution in [0.4, 0.5) is 5.69 Å². The molecule has 1 N–H and O–H groups in total. The van der Waals surface area contributed by atoms with Gasteiger partial charge >= 0.3 is 5.97 Å². The van der Waals surface area contributed by atoms with Gasteiger partial charge in [-0.05, 0) is 56.1 Å². The van der Waals surface area contributed by atoms with Crippen LogP contribution in [0.5, 0.6) is 0 Å². The SMILES string of the molecule is CCOC(=O)c1cccc(NC(=O)[C@@H]2CCCN(Cc3ccccc3Cl)C2)c1. The van der Waals surface area contributed by atoms with Gasteiger partial charge in [-0.15, -0.1) is 0 Å². The molecule has 2 aromatic carbocycles. The normalized spacial score (nSPS) is 17.1. The molecule has 148 valence electrons. The highest BCUT2D eigenvalue weighted by molar-refractivity contribution is 6.31. The maximum Gasteiger partial charge on any atom is 0.338 e. The lowest BCUT2D eigenvalue weighted by Crippen LogP contribution is -2.40. The minimum atomic E-state index is -0.387. The average molecular weight is 401 g/mol. The zero-order valence-corrected chi connectivity index (χ0v) is 16.7. The number of carbonyl (C=O) groups is 2. The summed E-state index contributed by atoms with van der Waals surface area (Å²) in [6, 6.07) is 14.7. The largest absolute Gasteiger partial charge is 0.462 e. The summed E-state index contributed by atoms with van der Waals surface area (Å²) >= 11 is 6.27. The third-order valence-corrected chi connectivity index (χ3v) is 5.24. The number of likely N-dealkylation sites (tertiary alicyclic amines) is 1. The van der Waals surface area contributed by atoms with E-state index < -0.39 is 0 Å². The highest BCUT2D eigenvalue weighted by Gasteiger charge is 2.26. The topological polar surface area (TPSA) is 58.6 Å². The molecule has 0 aliphatic carbocycles. The van der Waals surface area contributed by atoms with E-state index >= 15 is 0 Å². The summed E-state index contributed by atoms with van der Waals surface area (Å²) in [5.74, 6) is -0.505. The second kappa shape index (κ2) is 9.71. The number of hydrogen-bond donors (Lipinski definition) is 1. The lowest BCUT2D eigenvalue weighted by Gasteiger charge is -2.32. The zero-order chi connectivity index (χ0) is 19.9. The number of nitrogens with zero attached hydrogens (tertiary/aromatic N) is 1. The van der Waals surface area contributed by atoms with Gasteiger partial charge in [-0.3, -0.25) is 9.69 Å². The first kappa shape index (κ1) is 20.4. The van der Waals surface area contributed by atoms with Crippen molar-refractivity contribution in [3.05, 3.63) is 64.7 Å². The summed E-state index contributed by atoms with van der Waals surface area (Å²) in [4.78, 5) is 26.9. The van der Waals surface area contributed by atoms with Gasteiger partial charge in [0.15, 0.2) is 0 Å². The molecule has 5 nitrogen and oxygen atoms in total. The molecule has 1 saturated heterocycles. The van der Waals surface area contributed by atoms with Gasteiger partial charge < -0.3 is 10.1 Å². The van der Waals surface area contributed by atoms with E-state index in [0.29, 0.717) is 24.4 Å². The van der Waals surface area contributed by atoms with Crippen molar-refractivity contribution in [1.29, 1.82) is 0 Å². The number of nitrogens with one attached hydrogen (secondary N) is 1. The number of benzene rings is 2. The first-order valence-electron chi connectivity index (χ1n) is 9.60. The molecule has 1 atom stereocenters. The number of amides is 1. The Labute approximate surface area is 170 Å². The predicted octanol–water partition coefficient (Wildman–Crippen LogP) is 4.37. The summed E-state index contributed by atoms with van der Waals surface area (Å²) in [5.41, 5.74) is 2.12. The fraction of sp³-hybridized carbons (Fsp3) is 0.364. The number of hydrogen-bond acceptors (Lipinski definition) is 4. The maximum absolute atomic E-state index is 12.8. The summed E-state index contributed by atoms with van der Waals surface area (Å²) in [6.07, 6.45) is 1.81. The molecule has 1 heterocycles. The number of piperidine rings is 1. The van der Waals surface area contributed by atoms with Crippen LogP contribution in [0.3, 0.4) is 0 Å². The van der Waals surface area contributed by atoms with Crippen LogP contribution in [-0.4, -0.2) is 36.5 Å². The monoisotopic (exact) mass is 400 g/mol. The Morgan fingerprint density at radius 1 is 1.21 bits per heavy atom. The third kappa shape index (κ3) is 5.33. The van der Waals surface area contributed by atoms with Crippen molar-refractivity contribution in [2.24, 2.45) is 5.92 Å². The van der Waals surface area contributed by atoms with Gasteiger partial charge in [0, 0.05) is 23.8 Å². The Morgan fingerprint density at radius 3 is 2.82 bits per heavy atom. The Kier molecular flexibility index (Phi) is 7.06. The number of esters is 1. The molecule has 28 heavy (non-hydrogen) atoms. The molecule has 0 saturated carbocycles. The van der Waals surface area contributed by atoms with Gasteiger partial charge in [-0.1, -0.05) is 35.9 Å². The molecule has 1 amide bonds. The molecule has 1 fully saturated rings. The smallest absolute Gasteiger partial charge is 0.338 e. The van der Waals surface area contributed by atoms with E-state index in [1.54, 1.807) is 31.2 Å². The van der Waals surface area contributed by atoms with Crippen molar-refractivity contribution in [1.82, 2.24) is 4.90 Å². The molecule has 0 unspecified atom stereocenters. The first-order chi connectivity index (χ1) is 13.6. The van der Waals surface area contributed by atoms with Gasteiger partial charge in [0.25, 0.3) is 0 Å². The second-order valence-corrected chi connectivity index (χ2v) is 7.36. The Bertz CT molecular complexity index is 840. The molecule has 1 aliphatic rings. The van der Waals surface area contributed by atoms with Crippen LogP contribution in [0.1, 0.15) is 35.7 Å². The number of rotatable bonds is 6. The van der Waals surface area contributed by atoms with Crippen LogP contribution >= 0.6 is 11.6 Å². The lowest BCUT2D eigenvalue weighted by atomic mass is 9.96. The van der Waals surface area contributed by atoms with Gasteiger partial charge in [0.1, 0.15) is 0 Å². The van der Waals surface area contributed by atoms with Gasteiger partial charge in [-0.25, -0.2) is 4.79 Å². The standard InChI is InChI=1S/C22H25ClN2O3/c1-2-28-22(27)16-8-5-10-19(13-16)24-21(26)18-9-6-12-25(15-18)14-17-7-3-4-11-20(17)23/h3-5,7-8,10-11,13,18H,2,6,9,12,14-15H2,1H3,(H,24,26)/t18-/m1/s1. The molecule has 1 aliphatic heterocycles. The van der Waals surface area contributed by atoms with E-state index in [1.807, 2.05) is 24.3 Å². The zero-order valence-electron chi connectivity index (χ0n) is 16.0. The third-order valence-electron chi connectivity index (χ3n) is 4.87. The van der Waals surface area contributed by atoms with E-state index in [9.17, 15) is 9.59 Å². The van der Waals surface area contributed by atoms with Crippen molar-refractivity contribution in [3.63, 3.8) is 0 Å². The Morgan fingerprint density at radius 2 is 2.04 bits per heavy atom. The number of halogens is 1. The molecule has 3 rings (SSSR count). The minimum absolute atomic E-state index is 0.0233. The van der Waals surface area contributed by atoms with E-state index in [-0.39, 0.29) is 17.8 Å². The highest BCUT2D eigenvalue weighted by atomic mass is 35.5. The molecule has 0 radical (unpaired) electrons. The van der Waals surface area contributed by atoms with Crippen molar-refractivity contribution < 1.29 is 14.3 Å². The van der Waals surface area contributed by atoms with E-state index in [0.717, 1.165) is 36.5 Å². The fourth-order valence-corrected chi connectivity index (χ4v) is 3.66. The van der Waals surface area contributed by atoms with Crippen LogP contribution in [0.25, 0.3) is 0 Å². The predicted molar refractivity (Wildman–Crippen MR) is 110 cm³/mol. The van der Waals surface area contributed by atoms with Crippen molar-refractivity contribution >= 4 is 29.2 Å². The first-order valence-corrected chi connectivity index (χ1v) is 9.98. The molecule has 6 heteroatoms. The number of ether oxygens (including phenoxy) is 1. The van der Waals surface area contributed by atoms with E-state index in [1.165, 1.54) is 0 Å². The maximum atomic E-state index is 12.8. The summed E-state index contributed by atoms with van der Waals surface area (Å²) < 4.78 is 5.02. The minimum Gasteiger partial charge on any atom is -0.462 e. The fourth-order valence-electron chi connectivity index (χ4n) is 3.46. The second-order valence-electron chi connectivity index (χ2n) is 6.96. The molecule has 0 aromatic heterocycles.